The fourth-order valence-electron chi connectivity index (χ4n) is 7.32. The van der Waals surface area contributed by atoms with Gasteiger partial charge in [0.15, 0.2) is 0 Å². The van der Waals surface area contributed by atoms with Crippen molar-refractivity contribution in [2.24, 2.45) is 5.73 Å². The van der Waals surface area contributed by atoms with Gasteiger partial charge in [0.1, 0.15) is 35.4 Å². The van der Waals surface area contributed by atoms with Crippen molar-refractivity contribution in [1.29, 1.82) is 0 Å². The topological polar surface area (TPSA) is 355 Å². The first-order valence-electron chi connectivity index (χ1n) is 22.3. The van der Waals surface area contributed by atoms with E-state index in [4.69, 9.17) is 10.5 Å². The Morgan fingerprint density at radius 2 is 1.31 bits per heavy atom. The molecule has 72 heavy (non-hydrogen) atoms. The summed E-state index contributed by atoms with van der Waals surface area (Å²) in [6, 6.07) is 18.7. The predicted molar refractivity (Wildman–Crippen MR) is 255 cm³/mol. The van der Waals surface area contributed by atoms with Gasteiger partial charge in [0, 0.05) is 48.9 Å². The molecule has 0 aliphatic heterocycles. The van der Waals surface area contributed by atoms with Gasteiger partial charge in [0.25, 0.3) is 0 Å². The molecule has 0 radical (unpaired) electrons. The number of hydrogen-bond donors (Lipinski definition) is 11. The number of benzene rings is 4. The number of primary amides is 1. The lowest BCUT2D eigenvalue weighted by Crippen LogP contribution is -2.57. The monoisotopic (exact) mass is 1020 g/mol. The maximum Gasteiger partial charge on any atom is 0.305 e. The summed E-state index contributed by atoms with van der Waals surface area (Å²) in [6.07, 6.45) is -1.42. The number of halogens is 1. The van der Waals surface area contributed by atoms with Crippen LogP contribution >= 0.6 is 0 Å². The number of carbonyl (C=O) groups excluding carboxylic acids is 5. The Morgan fingerprint density at radius 1 is 0.667 bits per heavy atom. The number of aromatic amines is 1. The Balaban J connectivity index is 1.30. The number of ether oxygens (including phenoxy) is 1. The van der Waals surface area contributed by atoms with Gasteiger partial charge in [-0.05, 0) is 85.0 Å². The summed E-state index contributed by atoms with van der Waals surface area (Å²) >= 11 is 0. The van der Waals surface area contributed by atoms with Crippen molar-refractivity contribution in [3.05, 3.63) is 126 Å². The predicted octanol–water partition coefficient (Wildman–Crippen LogP) is 1.45. The fourth-order valence-corrected chi connectivity index (χ4v) is 8.52. The summed E-state index contributed by atoms with van der Waals surface area (Å²) in [5, 5.41) is 41.7. The third kappa shape index (κ3) is 17.3. The zero-order valence-electron chi connectivity index (χ0n) is 38.3. The second-order valence-corrected chi connectivity index (χ2v) is 18.1. The molecule has 1 aromatic heterocycles. The number of nitrogens with two attached hydrogens (primary N) is 1. The van der Waals surface area contributed by atoms with Crippen LogP contribution in [0.5, 0.6) is 11.5 Å². The van der Waals surface area contributed by atoms with Crippen molar-refractivity contribution < 1.29 is 71.2 Å². The lowest BCUT2D eigenvalue weighted by atomic mass is 10.0. The number of sulfonamides is 1. The number of carboxylic acids is 3. The second kappa shape index (κ2) is 26.1. The molecule has 0 aliphatic rings. The molecule has 24 heteroatoms. The standard InChI is InChI=1S/C48H53FN8O14S/c49-30-8-6-7-28(21-30)22-39(47(67)54-31(26-52-37(45(50)65)17-19-42(59)60)23-29-25-51-36-12-5-4-11-35(29)36)55-41(58)27-53-46(66)38(18-20-43(61)62)56-48(68)40(24-44(63)64)57-72(69,70)34-15-13-33(14-16-34)71-32-9-2-1-3-10-32/h1-16,21,25,31,37-40,51-52,57H,17-20,22-24,26-27H2,(H2,50,65)(H,53,66)(H,54,67)(H,55,58)(H,56,68)(H,59,60)(H,61,62)(H,63,64). The number of hydrogen-bond acceptors (Lipinski definition) is 12. The number of aromatic nitrogens is 1. The lowest BCUT2D eigenvalue weighted by molar-refractivity contribution is -0.140. The molecule has 5 unspecified atom stereocenters. The van der Waals surface area contributed by atoms with E-state index in [1.54, 1.807) is 42.6 Å². The van der Waals surface area contributed by atoms with Gasteiger partial charge in [0.05, 0.1) is 23.9 Å². The minimum absolute atomic E-state index is 0.120. The van der Waals surface area contributed by atoms with E-state index in [0.29, 0.717) is 5.75 Å². The van der Waals surface area contributed by atoms with Gasteiger partial charge in [-0.2, -0.15) is 4.72 Å². The van der Waals surface area contributed by atoms with E-state index in [1.165, 1.54) is 24.3 Å². The second-order valence-electron chi connectivity index (χ2n) is 16.4. The van der Waals surface area contributed by atoms with E-state index in [2.05, 4.69) is 31.6 Å². The van der Waals surface area contributed by atoms with Crippen LogP contribution in [0.25, 0.3) is 10.9 Å². The van der Waals surface area contributed by atoms with Crippen LogP contribution in [-0.4, -0.2) is 119 Å². The highest BCUT2D eigenvalue weighted by atomic mass is 32.2. The maximum atomic E-state index is 14.4. The largest absolute Gasteiger partial charge is 0.481 e. The van der Waals surface area contributed by atoms with Gasteiger partial charge in [-0.25, -0.2) is 12.8 Å². The minimum Gasteiger partial charge on any atom is -0.481 e. The third-order valence-electron chi connectivity index (χ3n) is 10.9. The van der Waals surface area contributed by atoms with Crippen LogP contribution in [0.1, 0.15) is 43.2 Å². The molecule has 382 valence electrons. The average molecular weight is 1020 g/mol. The summed E-state index contributed by atoms with van der Waals surface area (Å²) in [5.74, 6) is -9.23. The molecule has 0 fully saturated rings. The number of nitrogens with one attached hydrogen (secondary N) is 7. The van der Waals surface area contributed by atoms with Crippen molar-refractivity contribution in [2.45, 2.75) is 80.1 Å². The molecule has 5 amide bonds. The molecule has 0 saturated heterocycles. The molecule has 4 aromatic carbocycles. The SMILES string of the molecule is NC(=O)C(CCC(=O)O)NCC(Cc1c[nH]c2ccccc12)NC(=O)C(Cc1cccc(F)c1)NC(=O)CNC(=O)C(CCC(=O)O)NC(=O)C(CC(=O)O)NS(=O)(=O)c1ccc(Oc2ccccc2)cc1. The van der Waals surface area contributed by atoms with Crippen LogP contribution < -0.4 is 41.8 Å². The van der Waals surface area contributed by atoms with Crippen LogP contribution in [0.2, 0.25) is 0 Å². The maximum absolute atomic E-state index is 14.4. The number of amides is 5. The van der Waals surface area contributed by atoms with E-state index < -0.39 is 119 Å². The fraction of sp³-hybridized carbons (Fsp3) is 0.292. The average Bonchev–Trinajstić information content (AvgIpc) is 3.73. The van der Waals surface area contributed by atoms with Crippen LogP contribution in [0.3, 0.4) is 0 Å². The van der Waals surface area contributed by atoms with Crippen LogP contribution in [0.4, 0.5) is 4.39 Å². The summed E-state index contributed by atoms with van der Waals surface area (Å²) in [7, 11) is -4.61. The van der Waals surface area contributed by atoms with Gasteiger partial charge < -0.3 is 57.4 Å². The first kappa shape index (κ1) is 54.7. The van der Waals surface area contributed by atoms with Gasteiger partial charge in [-0.1, -0.05) is 48.5 Å². The quantitative estimate of drug-likeness (QED) is 0.0323. The highest BCUT2D eigenvalue weighted by molar-refractivity contribution is 7.89. The number of rotatable bonds is 29. The number of para-hydroxylation sites is 2. The smallest absolute Gasteiger partial charge is 0.305 e. The number of carbonyl (C=O) groups is 8. The Morgan fingerprint density at radius 3 is 1.96 bits per heavy atom. The highest BCUT2D eigenvalue weighted by Crippen LogP contribution is 2.23. The molecular formula is C48H53FN8O14S. The van der Waals surface area contributed by atoms with E-state index >= 15 is 0 Å². The highest BCUT2D eigenvalue weighted by Gasteiger charge is 2.32. The zero-order valence-corrected chi connectivity index (χ0v) is 39.2. The summed E-state index contributed by atoms with van der Waals surface area (Å²) in [4.78, 5) is 104. The molecule has 0 saturated carbocycles. The van der Waals surface area contributed by atoms with Crippen molar-refractivity contribution in [2.75, 3.05) is 13.1 Å². The molecule has 0 aliphatic carbocycles. The van der Waals surface area contributed by atoms with E-state index in [0.717, 1.165) is 40.7 Å². The van der Waals surface area contributed by atoms with Gasteiger partial charge in [-0.15, -0.1) is 0 Å². The Kier molecular flexibility index (Phi) is 19.8. The first-order valence-corrected chi connectivity index (χ1v) is 23.7. The number of aliphatic carboxylic acids is 3. The van der Waals surface area contributed by atoms with Gasteiger partial charge in [0.2, 0.25) is 39.6 Å². The van der Waals surface area contributed by atoms with Crippen molar-refractivity contribution >= 4 is 68.4 Å². The molecule has 5 rings (SSSR count). The molecular weight excluding hydrogens is 964 g/mol. The third-order valence-corrected chi connectivity index (χ3v) is 12.4. The molecule has 1 heterocycles. The summed E-state index contributed by atoms with van der Waals surface area (Å²) in [5.41, 5.74) is 7.34. The summed E-state index contributed by atoms with van der Waals surface area (Å²) < 4.78 is 48.8. The van der Waals surface area contributed by atoms with E-state index in [-0.39, 0.29) is 48.4 Å². The van der Waals surface area contributed by atoms with Gasteiger partial charge >= 0.3 is 17.9 Å². The van der Waals surface area contributed by atoms with Crippen LogP contribution in [-0.2, 0) is 61.2 Å². The molecule has 5 atom stereocenters. The Labute approximate surface area is 411 Å². The number of H-pyrrole nitrogens is 1. The molecule has 12 N–H and O–H groups in total. The lowest BCUT2D eigenvalue weighted by Gasteiger charge is -2.26. The van der Waals surface area contributed by atoms with Crippen molar-refractivity contribution in [3.63, 3.8) is 0 Å². The Bertz CT molecular complexity index is 2850. The Hall–Kier alpha value is -8.22. The molecule has 0 bridgehead atoms. The number of fused-ring (bicyclic) bond motifs is 1. The van der Waals surface area contributed by atoms with Crippen molar-refractivity contribution in [1.82, 2.24) is 36.3 Å². The van der Waals surface area contributed by atoms with Crippen LogP contribution in [0, 0.1) is 5.82 Å². The normalized spacial score (nSPS) is 13.3. The first-order chi connectivity index (χ1) is 34.3. The molecule has 0 spiro atoms. The van der Waals surface area contributed by atoms with Gasteiger partial charge in [-0.3, -0.25) is 38.4 Å². The molecule has 5 aromatic rings. The molecule has 22 nitrogen and oxygen atoms in total. The zero-order chi connectivity index (χ0) is 52.4. The number of carboxylic acid groups (broad SMARTS) is 3. The summed E-state index contributed by atoms with van der Waals surface area (Å²) in [6.45, 7) is -1.00. The van der Waals surface area contributed by atoms with Crippen molar-refractivity contribution in [3.8, 4) is 11.5 Å². The van der Waals surface area contributed by atoms with Crippen LogP contribution in [0.15, 0.2) is 114 Å². The minimum atomic E-state index is -4.61. The van der Waals surface area contributed by atoms with E-state index in [1.807, 2.05) is 22.9 Å². The van der Waals surface area contributed by atoms with E-state index in [9.17, 15) is 66.5 Å².